The van der Waals surface area contributed by atoms with Crippen LogP contribution in [0.25, 0.3) is 0 Å². The van der Waals surface area contributed by atoms with Crippen LogP contribution in [0.4, 0.5) is 0 Å². The van der Waals surface area contributed by atoms with Gasteiger partial charge in [-0.2, -0.15) is 0 Å². The summed E-state index contributed by atoms with van der Waals surface area (Å²) in [6.45, 7) is 1.93. The van der Waals surface area contributed by atoms with Gasteiger partial charge >= 0.3 is 0 Å². The molecule has 1 N–H and O–H groups in total. The van der Waals surface area contributed by atoms with Crippen molar-refractivity contribution in [2.75, 3.05) is 13.1 Å². The first-order chi connectivity index (χ1) is 9.16. The highest BCUT2D eigenvalue weighted by Crippen LogP contribution is 2.31. The van der Waals surface area contributed by atoms with Crippen LogP contribution in [0.3, 0.4) is 0 Å². The number of amides is 1. The zero-order valence-electron chi connectivity index (χ0n) is 10.5. The largest absolute Gasteiger partial charge is 0.331 e. The Morgan fingerprint density at radius 3 is 2.95 bits per heavy atom. The normalized spacial score (nSPS) is 26.3. The zero-order valence-corrected chi connectivity index (χ0v) is 13.4. The lowest BCUT2D eigenvalue weighted by Gasteiger charge is -2.28. The van der Waals surface area contributed by atoms with Crippen molar-refractivity contribution >= 4 is 40.1 Å². The molecule has 2 atom stereocenters. The fraction of sp³-hybridized carbons (Fsp3) is 0.500. The van der Waals surface area contributed by atoms with E-state index in [1.165, 1.54) is 0 Å². The molecule has 2 heterocycles. The van der Waals surface area contributed by atoms with Crippen LogP contribution in [0.2, 0.25) is 5.02 Å². The average Bonchev–Trinajstić information content (AvgIpc) is 2.65. The molecule has 2 aliphatic rings. The molecule has 2 unspecified atom stereocenters. The van der Waals surface area contributed by atoms with Crippen LogP contribution >= 0.6 is 34.2 Å². The summed E-state index contributed by atoms with van der Waals surface area (Å²) in [6, 6.07) is 6.27. The highest BCUT2D eigenvalue weighted by Gasteiger charge is 2.38. The summed E-state index contributed by atoms with van der Waals surface area (Å²) < 4.78 is 0.976. The van der Waals surface area contributed by atoms with Gasteiger partial charge in [-0.05, 0) is 66.6 Å². The maximum atomic E-state index is 12.8. The van der Waals surface area contributed by atoms with E-state index in [2.05, 4.69) is 32.8 Å². The number of nitrogens with one attached hydrogen (secondary N) is 1. The summed E-state index contributed by atoms with van der Waals surface area (Å²) in [6.07, 6.45) is 3.30. The van der Waals surface area contributed by atoms with Gasteiger partial charge in [0.05, 0.1) is 5.56 Å². The highest BCUT2D eigenvalue weighted by molar-refractivity contribution is 14.1. The fourth-order valence-electron chi connectivity index (χ4n) is 3.11. The fourth-order valence-corrected chi connectivity index (χ4v) is 3.85. The van der Waals surface area contributed by atoms with Crippen molar-refractivity contribution in [2.24, 2.45) is 0 Å². The SMILES string of the molecule is O=C(c1cc(Cl)ccc1I)N1C2CCNCC1CC2. The molecule has 1 aromatic rings. The Morgan fingerprint density at radius 2 is 2.11 bits per heavy atom. The molecule has 3 rings (SSSR count). The Labute approximate surface area is 131 Å². The van der Waals surface area contributed by atoms with E-state index in [1.54, 1.807) is 6.07 Å². The first kappa shape index (κ1) is 13.6. The van der Waals surface area contributed by atoms with Crippen LogP contribution in [-0.4, -0.2) is 36.0 Å². The van der Waals surface area contributed by atoms with Gasteiger partial charge in [0.1, 0.15) is 0 Å². The summed E-state index contributed by atoms with van der Waals surface area (Å²) in [5, 5.41) is 4.05. The number of carbonyl (C=O) groups excluding carboxylic acids is 1. The topological polar surface area (TPSA) is 32.3 Å². The van der Waals surface area contributed by atoms with Crippen molar-refractivity contribution in [1.82, 2.24) is 10.2 Å². The van der Waals surface area contributed by atoms with Gasteiger partial charge in [-0.1, -0.05) is 11.6 Å². The van der Waals surface area contributed by atoms with Gasteiger partial charge in [0.15, 0.2) is 0 Å². The van der Waals surface area contributed by atoms with Crippen LogP contribution in [0.15, 0.2) is 18.2 Å². The predicted molar refractivity (Wildman–Crippen MR) is 84.6 cm³/mol. The molecule has 2 fully saturated rings. The predicted octanol–water partition coefficient (Wildman–Crippen LogP) is 2.91. The Kier molecular flexibility index (Phi) is 4.01. The van der Waals surface area contributed by atoms with E-state index in [1.807, 2.05) is 12.1 Å². The quantitative estimate of drug-likeness (QED) is 0.748. The molecule has 2 saturated heterocycles. The van der Waals surface area contributed by atoms with Crippen molar-refractivity contribution < 1.29 is 4.79 Å². The summed E-state index contributed by atoms with van der Waals surface area (Å²) >= 11 is 8.24. The minimum absolute atomic E-state index is 0.142. The molecule has 2 bridgehead atoms. The molecule has 1 aromatic carbocycles. The monoisotopic (exact) mass is 390 g/mol. The number of rotatable bonds is 1. The van der Waals surface area contributed by atoms with Crippen LogP contribution in [-0.2, 0) is 0 Å². The Bertz CT molecular complexity index is 494. The summed E-state index contributed by atoms with van der Waals surface area (Å²) in [4.78, 5) is 14.9. The van der Waals surface area contributed by atoms with Gasteiger partial charge in [0, 0.05) is 27.2 Å². The third kappa shape index (κ3) is 2.62. The molecule has 3 nitrogen and oxygen atoms in total. The molecule has 0 aromatic heterocycles. The van der Waals surface area contributed by atoms with Crippen LogP contribution < -0.4 is 5.32 Å². The van der Waals surface area contributed by atoms with E-state index < -0.39 is 0 Å². The highest BCUT2D eigenvalue weighted by atomic mass is 127. The number of halogens is 2. The third-order valence-corrected chi connectivity index (χ3v) is 5.22. The molecule has 0 radical (unpaired) electrons. The number of fused-ring (bicyclic) bond motifs is 2. The van der Waals surface area contributed by atoms with Crippen molar-refractivity contribution in [3.05, 3.63) is 32.4 Å². The standard InChI is InChI=1S/C14H16ClIN2O/c15-9-1-4-13(16)12(7-9)14(19)18-10-2-3-11(18)8-17-6-5-10/h1,4,7,10-11,17H,2-3,5-6,8H2. The molecule has 1 amide bonds. The Hall–Kier alpha value is -0.330. The maximum absolute atomic E-state index is 12.8. The lowest BCUT2D eigenvalue weighted by molar-refractivity contribution is 0.0679. The molecule has 19 heavy (non-hydrogen) atoms. The zero-order chi connectivity index (χ0) is 13.4. The van der Waals surface area contributed by atoms with Crippen LogP contribution in [0, 0.1) is 3.57 Å². The molecule has 102 valence electrons. The minimum atomic E-state index is 0.142. The molecular formula is C14H16ClIN2O. The number of nitrogens with zero attached hydrogens (tertiary/aromatic N) is 1. The summed E-state index contributed by atoms with van der Waals surface area (Å²) in [5.74, 6) is 0.142. The molecular weight excluding hydrogens is 375 g/mol. The lowest BCUT2D eigenvalue weighted by atomic mass is 10.1. The van der Waals surface area contributed by atoms with E-state index >= 15 is 0 Å². The van der Waals surface area contributed by atoms with Crippen molar-refractivity contribution in [3.63, 3.8) is 0 Å². The number of benzene rings is 1. The average molecular weight is 391 g/mol. The number of hydrogen-bond acceptors (Lipinski definition) is 2. The Balaban J connectivity index is 1.93. The van der Waals surface area contributed by atoms with Gasteiger partial charge < -0.3 is 10.2 Å². The molecule has 2 aliphatic heterocycles. The number of carbonyl (C=O) groups is 1. The van der Waals surface area contributed by atoms with E-state index in [0.29, 0.717) is 17.1 Å². The summed E-state index contributed by atoms with van der Waals surface area (Å²) in [5.41, 5.74) is 0.743. The van der Waals surface area contributed by atoms with Gasteiger partial charge in [-0.25, -0.2) is 0 Å². The third-order valence-electron chi connectivity index (χ3n) is 4.05. The molecule has 5 heteroatoms. The van der Waals surface area contributed by atoms with Crippen molar-refractivity contribution in [3.8, 4) is 0 Å². The summed E-state index contributed by atoms with van der Waals surface area (Å²) in [7, 11) is 0. The van der Waals surface area contributed by atoms with E-state index in [4.69, 9.17) is 11.6 Å². The first-order valence-electron chi connectivity index (χ1n) is 6.65. The smallest absolute Gasteiger partial charge is 0.255 e. The maximum Gasteiger partial charge on any atom is 0.255 e. The van der Waals surface area contributed by atoms with Crippen LogP contribution in [0.1, 0.15) is 29.6 Å². The molecule has 0 saturated carbocycles. The lowest BCUT2D eigenvalue weighted by Crippen LogP contribution is -2.42. The van der Waals surface area contributed by atoms with Gasteiger partial charge in [-0.15, -0.1) is 0 Å². The van der Waals surface area contributed by atoms with Crippen molar-refractivity contribution in [1.29, 1.82) is 0 Å². The molecule has 0 spiro atoms. The van der Waals surface area contributed by atoms with E-state index in [-0.39, 0.29) is 5.91 Å². The van der Waals surface area contributed by atoms with Crippen LogP contribution in [0.5, 0.6) is 0 Å². The first-order valence-corrected chi connectivity index (χ1v) is 8.11. The van der Waals surface area contributed by atoms with E-state index in [0.717, 1.165) is 41.5 Å². The molecule has 0 aliphatic carbocycles. The van der Waals surface area contributed by atoms with Crippen molar-refractivity contribution in [2.45, 2.75) is 31.3 Å². The van der Waals surface area contributed by atoms with Gasteiger partial charge in [0.2, 0.25) is 0 Å². The second-order valence-corrected chi connectivity index (χ2v) is 6.81. The Morgan fingerprint density at radius 1 is 1.32 bits per heavy atom. The second kappa shape index (κ2) is 5.58. The minimum Gasteiger partial charge on any atom is -0.331 e. The van der Waals surface area contributed by atoms with E-state index in [9.17, 15) is 4.79 Å². The van der Waals surface area contributed by atoms with Gasteiger partial charge in [-0.3, -0.25) is 4.79 Å². The number of hydrogen-bond donors (Lipinski definition) is 1. The second-order valence-electron chi connectivity index (χ2n) is 5.21. The van der Waals surface area contributed by atoms with Gasteiger partial charge in [0.25, 0.3) is 5.91 Å².